The summed E-state index contributed by atoms with van der Waals surface area (Å²) in [7, 11) is 2.88. The molecule has 2 rings (SSSR count). The highest BCUT2D eigenvalue weighted by molar-refractivity contribution is 5.86. The van der Waals surface area contributed by atoms with Gasteiger partial charge in [-0.2, -0.15) is 9.97 Å². The third-order valence-electron chi connectivity index (χ3n) is 2.99. The summed E-state index contributed by atoms with van der Waals surface area (Å²) >= 11 is 0. The number of carboxylic acids is 2. The Balaban J connectivity index is 0.000000260. The lowest BCUT2D eigenvalue weighted by molar-refractivity contribution is 0.0679. The fraction of sp³-hybridized carbons (Fsp3) is 0.375. The molecule has 0 unspecified atom stereocenters. The second-order valence-electron chi connectivity index (χ2n) is 4.74. The van der Waals surface area contributed by atoms with Crippen LogP contribution in [0.25, 0.3) is 0 Å². The molecule has 10 nitrogen and oxygen atoms in total. The first-order chi connectivity index (χ1) is 12.3. The largest absolute Gasteiger partial charge is 0.481 e. The van der Waals surface area contributed by atoms with Crippen molar-refractivity contribution in [2.75, 3.05) is 14.2 Å². The van der Waals surface area contributed by atoms with Crippen molar-refractivity contribution in [1.29, 1.82) is 0 Å². The van der Waals surface area contributed by atoms with Crippen LogP contribution in [0, 0.1) is 0 Å². The minimum Gasteiger partial charge on any atom is -0.481 e. The summed E-state index contributed by atoms with van der Waals surface area (Å²) in [5, 5.41) is 17.4. The average molecular weight is 364 g/mol. The molecule has 140 valence electrons. The van der Waals surface area contributed by atoms with Gasteiger partial charge in [0.2, 0.25) is 11.8 Å². The molecule has 10 heteroatoms. The van der Waals surface area contributed by atoms with Crippen molar-refractivity contribution in [3.63, 3.8) is 0 Å². The maximum atomic E-state index is 10.6. The van der Waals surface area contributed by atoms with Gasteiger partial charge in [-0.25, -0.2) is 19.6 Å². The van der Waals surface area contributed by atoms with Crippen molar-refractivity contribution >= 4 is 11.9 Å². The van der Waals surface area contributed by atoms with Crippen molar-refractivity contribution in [3.05, 3.63) is 35.2 Å². The number of aryl methyl sites for hydroxylation is 2. The SMILES string of the molecule is CCc1nc(OC)cc(C(=O)O)n1.CCc1nc(OC)cc(C(=O)O)n1. The zero-order chi connectivity index (χ0) is 19.7. The van der Waals surface area contributed by atoms with Crippen molar-refractivity contribution < 1.29 is 29.3 Å². The van der Waals surface area contributed by atoms with Crippen molar-refractivity contribution in [2.24, 2.45) is 0 Å². The molecule has 26 heavy (non-hydrogen) atoms. The zero-order valence-electron chi connectivity index (χ0n) is 14.9. The molecule has 0 aliphatic carbocycles. The molecule has 0 atom stereocenters. The number of rotatable bonds is 6. The Kier molecular flexibility index (Phi) is 7.87. The fourth-order valence-electron chi connectivity index (χ4n) is 1.69. The highest BCUT2D eigenvalue weighted by Gasteiger charge is 2.10. The molecule has 0 aliphatic rings. The molecule has 2 heterocycles. The summed E-state index contributed by atoms with van der Waals surface area (Å²) in [6.07, 6.45) is 1.16. The van der Waals surface area contributed by atoms with Crippen molar-refractivity contribution in [3.8, 4) is 11.8 Å². The van der Waals surface area contributed by atoms with Crippen LogP contribution in [0.2, 0.25) is 0 Å². The zero-order valence-corrected chi connectivity index (χ0v) is 14.9. The van der Waals surface area contributed by atoms with E-state index in [0.29, 0.717) is 24.5 Å². The minimum atomic E-state index is -1.07. The molecule has 0 aliphatic heterocycles. The molecule has 2 aromatic heterocycles. The number of ether oxygens (including phenoxy) is 2. The van der Waals surface area contributed by atoms with E-state index in [0.717, 1.165) is 0 Å². The van der Waals surface area contributed by atoms with Crippen LogP contribution in [0.4, 0.5) is 0 Å². The van der Waals surface area contributed by atoms with Gasteiger partial charge in [0.15, 0.2) is 11.4 Å². The lowest BCUT2D eigenvalue weighted by Crippen LogP contribution is -2.06. The first-order valence-corrected chi connectivity index (χ1v) is 7.65. The maximum absolute atomic E-state index is 10.6. The molecule has 0 fully saturated rings. The Bertz CT molecular complexity index is 671. The van der Waals surface area contributed by atoms with Crippen LogP contribution in [-0.2, 0) is 12.8 Å². The Morgan fingerprint density at radius 2 is 1.15 bits per heavy atom. The molecular formula is C16H20N4O6. The highest BCUT2D eigenvalue weighted by Crippen LogP contribution is 2.10. The standard InChI is InChI=1S/2C8H10N2O3/c2*1-3-6-9-5(8(11)12)4-7(10-6)13-2/h2*4H,3H2,1-2H3,(H,11,12). The summed E-state index contributed by atoms with van der Waals surface area (Å²) in [4.78, 5) is 36.7. The fourth-order valence-corrected chi connectivity index (χ4v) is 1.69. The molecule has 0 aromatic carbocycles. The first kappa shape index (κ1) is 20.7. The summed E-state index contributed by atoms with van der Waals surface area (Å²) in [6, 6.07) is 2.59. The number of hydrogen-bond donors (Lipinski definition) is 2. The predicted octanol–water partition coefficient (Wildman–Crippen LogP) is 1.49. The number of nitrogens with zero attached hydrogens (tertiary/aromatic N) is 4. The van der Waals surface area contributed by atoms with Crippen molar-refractivity contribution in [1.82, 2.24) is 19.9 Å². The number of carboxylic acid groups (broad SMARTS) is 2. The number of aromatic carboxylic acids is 2. The summed E-state index contributed by atoms with van der Waals surface area (Å²) < 4.78 is 9.67. The Morgan fingerprint density at radius 1 is 0.808 bits per heavy atom. The van der Waals surface area contributed by atoms with E-state index < -0.39 is 11.9 Å². The number of methoxy groups -OCH3 is 2. The van der Waals surface area contributed by atoms with Gasteiger partial charge in [0.25, 0.3) is 0 Å². The van der Waals surface area contributed by atoms with E-state index in [-0.39, 0.29) is 23.1 Å². The molecular weight excluding hydrogens is 344 g/mol. The lowest BCUT2D eigenvalue weighted by atomic mass is 10.3. The van der Waals surface area contributed by atoms with Gasteiger partial charge in [-0.3, -0.25) is 0 Å². The molecule has 0 radical (unpaired) electrons. The summed E-state index contributed by atoms with van der Waals surface area (Å²) in [5.74, 6) is -0.646. The molecule has 0 amide bonds. The first-order valence-electron chi connectivity index (χ1n) is 7.65. The van der Waals surface area contributed by atoms with E-state index in [1.807, 2.05) is 13.8 Å². The lowest BCUT2D eigenvalue weighted by Gasteiger charge is -2.02. The van der Waals surface area contributed by atoms with Crippen LogP contribution in [-0.4, -0.2) is 56.3 Å². The van der Waals surface area contributed by atoms with Gasteiger partial charge < -0.3 is 19.7 Å². The topological polar surface area (TPSA) is 145 Å². The van der Waals surface area contributed by atoms with Gasteiger partial charge in [0.1, 0.15) is 11.6 Å². The third-order valence-corrected chi connectivity index (χ3v) is 2.99. The highest BCUT2D eigenvalue weighted by atomic mass is 16.5. The average Bonchev–Trinajstić information content (AvgIpc) is 2.67. The predicted molar refractivity (Wildman–Crippen MR) is 89.8 cm³/mol. The smallest absolute Gasteiger partial charge is 0.354 e. The van der Waals surface area contributed by atoms with E-state index in [9.17, 15) is 9.59 Å². The van der Waals surface area contributed by atoms with Crippen LogP contribution in [0.5, 0.6) is 11.8 Å². The number of aromatic nitrogens is 4. The quantitative estimate of drug-likeness (QED) is 0.773. The van der Waals surface area contributed by atoms with Crippen molar-refractivity contribution in [2.45, 2.75) is 26.7 Å². The van der Waals surface area contributed by atoms with Crippen LogP contribution < -0.4 is 9.47 Å². The van der Waals surface area contributed by atoms with Gasteiger partial charge in [0, 0.05) is 25.0 Å². The Morgan fingerprint density at radius 3 is 1.38 bits per heavy atom. The van der Waals surface area contributed by atoms with E-state index in [4.69, 9.17) is 19.7 Å². The molecule has 2 aromatic rings. The van der Waals surface area contributed by atoms with Gasteiger partial charge >= 0.3 is 11.9 Å². The molecule has 2 N–H and O–H groups in total. The third kappa shape index (κ3) is 5.96. The van der Waals surface area contributed by atoms with E-state index in [1.54, 1.807) is 0 Å². The number of carbonyl (C=O) groups is 2. The van der Waals surface area contributed by atoms with Gasteiger partial charge in [0.05, 0.1) is 14.2 Å². The van der Waals surface area contributed by atoms with Crippen LogP contribution in [0.15, 0.2) is 12.1 Å². The Hall–Kier alpha value is -3.30. The second kappa shape index (κ2) is 9.87. The van der Waals surface area contributed by atoms with Gasteiger partial charge in [-0.1, -0.05) is 13.8 Å². The van der Waals surface area contributed by atoms with E-state index in [1.165, 1.54) is 26.4 Å². The number of hydrogen-bond acceptors (Lipinski definition) is 8. The second-order valence-corrected chi connectivity index (χ2v) is 4.74. The molecule has 0 spiro atoms. The Labute approximate surface area is 149 Å². The minimum absolute atomic E-state index is 0.0382. The monoisotopic (exact) mass is 364 g/mol. The van der Waals surface area contributed by atoms with E-state index >= 15 is 0 Å². The molecule has 0 saturated heterocycles. The van der Waals surface area contributed by atoms with Gasteiger partial charge in [-0.15, -0.1) is 0 Å². The van der Waals surface area contributed by atoms with E-state index in [2.05, 4.69) is 19.9 Å². The molecule has 0 bridgehead atoms. The van der Waals surface area contributed by atoms with Crippen LogP contribution in [0.3, 0.4) is 0 Å². The van der Waals surface area contributed by atoms with Crippen LogP contribution in [0.1, 0.15) is 46.5 Å². The summed E-state index contributed by atoms with van der Waals surface area (Å²) in [6.45, 7) is 3.70. The van der Waals surface area contributed by atoms with Crippen LogP contribution >= 0.6 is 0 Å². The van der Waals surface area contributed by atoms with Gasteiger partial charge in [-0.05, 0) is 0 Å². The normalized spacial score (nSPS) is 9.69. The summed E-state index contributed by atoms with van der Waals surface area (Å²) in [5.41, 5.74) is -0.0765. The molecule has 0 saturated carbocycles. The maximum Gasteiger partial charge on any atom is 0.354 e.